The second kappa shape index (κ2) is 9.71. The quantitative estimate of drug-likeness (QED) is 0.371. The number of benzene rings is 2. The number of aryl methyl sites for hydroxylation is 2. The Morgan fingerprint density at radius 2 is 2.00 bits per heavy atom. The van der Waals surface area contributed by atoms with Crippen LogP contribution in [0.3, 0.4) is 0 Å². The molecule has 1 atom stereocenters. The van der Waals surface area contributed by atoms with Crippen LogP contribution in [-0.4, -0.2) is 50.0 Å². The molecule has 9 nitrogen and oxygen atoms in total. The molecule has 0 aliphatic carbocycles. The SMILES string of the molecule is CCCN(CC)C1N=Cc2ncnc(Nc3ccc(Oc4ccc5c(c4)ncn5C)c(C)c3)c2N1. The van der Waals surface area contributed by atoms with Gasteiger partial charge in [0.05, 0.1) is 23.6 Å². The molecule has 2 aromatic heterocycles. The Bertz CT molecular complexity index is 1380. The van der Waals surface area contributed by atoms with E-state index in [0.29, 0.717) is 5.82 Å². The molecule has 0 radical (unpaired) electrons. The van der Waals surface area contributed by atoms with Crippen LogP contribution in [0.15, 0.2) is 54.0 Å². The van der Waals surface area contributed by atoms with Crippen molar-refractivity contribution in [3.8, 4) is 11.5 Å². The molecule has 2 N–H and O–H groups in total. The van der Waals surface area contributed by atoms with E-state index in [0.717, 1.165) is 64.7 Å². The van der Waals surface area contributed by atoms with Crippen LogP contribution >= 0.6 is 0 Å². The molecule has 1 aliphatic rings. The zero-order chi connectivity index (χ0) is 24.4. The highest BCUT2D eigenvalue weighted by Gasteiger charge is 2.23. The maximum absolute atomic E-state index is 6.16. The minimum absolute atomic E-state index is 0.132. The van der Waals surface area contributed by atoms with Crippen LogP contribution in [-0.2, 0) is 7.05 Å². The van der Waals surface area contributed by atoms with Crippen LogP contribution in [0.4, 0.5) is 17.2 Å². The van der Waals surface area contributed by atoms with Gasteiger partial charge in [0.25, 0.3) is 0 Å². The van der Waals surface area contributed by atoms with Gasteiger partial charge in [0.2, 0.25) is 0 Å². The Kier molecular flexibility index (Phi) is 6.33. The average Bonchev–Trinajstić information content (AvgIpc) is 3.24. The van der Waals surface area contributed by atoms with Crippen molar-refractivity contribution in [2.45, 2.75) is 33.5 Å². The number of hydrogen-bond donors (Lipinski definition) is 2. The van der Waals surface area contributed by atoms with Crippen molar-refractivity contribution in [3.05, 3.63) is 60.3 Å². The van der Waals surface area contributed by atoms with Crippen molar-refractivity contribution in [1.29, 1.82) is 0 Å². The Balaban J connectivity index is 1.34. The van der Waals surface area contributed by atoms with Crippen LogP contribution in [0, 0.1) is 6.92 Å². The maximum atomic E-state index is 6.16. The number of ether oxygens (including phenoxy) is 1. The van der Waals surface area contributed by atoms with Gasteiger partial charge in [-0.05, 0) is 55.8 Å². The molecular weight excluding hydrogens is 440 g/mol. The summed E-state index contributed by atoms with van der Waals surface area (Å²) in [6, 6.07) is 11.9. The highest BCUT2D eigenvalue weighted by Crippen LogP contribution is 2.32. The van der Waals surface area contributed by atoms with Gasteiger partial charge in [0.1, 0.15) is 29.2 Å². The average molecular weight is 471 g/mol. The first-order chi connectivity index (χ1) is 17.1. The Labute approximate surface area is 204 Å². The Hall–Kier alpha value is -3.98. The molecule has 2 aromatic carbocycles. The van der Waals surface area contributed by atoms with Gasteiger partial charge in [0, 0.05) is 25.3 Å². The third-order valence-electron chi connectivity index (χ3n) is 6.11. The molecule has 5 rings (SSSR count). The van der Waals surface area contributed by atoms with Crippen LogP contribution in [0.1, 0.15) is 31.5 Å². The summed E-state index contributed by atoms with van der Waals surface area (Å²) < 4.78 is 8.15. The monoisotopic (exact) mass is 470 g/mol. The molecule has 35 heavy (non-hydrogen) atoms. The van der Waals surface area contributed by atoms with E-state index in [4.69, 9.17) is 4.74 Å². The van der Waals surface area contributed by atoms with Crippen molar-refractivity contribution in [1.82, 2.24) is 24.4 Å². The standard InChI is InChI=1S/C26H30N8O/c1-5-11-34(6-2)26-27-14-21-24(32-26)25(29-15-28-21)31-18-7-10-23(17(3)12-18)35-19-8-9-22-20(13-19)30-16-33(22)4/h7-10,12-16,26,32H,5-6,11H2,1-4H3,(H,28,29,31). The van der Waals surface area contributed by atoms with Crippen LogP contribution in [0.25, 0.3) is 11.0 Å². The summed E-state index contributed by atoms with van der Waals surface area (Å²) >= 11 is 0. The molecule has 180 valence electrons. The lowest BCUT2D eigenvalue weighted by Gasteiger charge is -2.31. The number of aromatic nitrogens is 4. The van der Waals surface area contributed by atoms with E-state index in [1.165, 1.54) is 0 Å². The van der Waals surface area contributed by atoms with Gasteiger partial charge in [0.15, 0.2) is 12.1 Å². The Morgan fingerprint density at radius 3 is 2.80 bits per heavy atom. The van der Waals surface area contributed by atoms with Crippen molar-refractivity contribution >= 4 is 34.4 Å². The van der Waals surface area contributed by atoms with Gasteiger partial charge in [-0.3, -0.25) is 9.89 Å². The summed E-state index contributed by atoms with van der Waals surface area (Å²) in [6.45, 7) is 8.21. The Morgan fingerprint density at radius 1 is 1.11 bits per heavy atom. The van der Waals surface area contributed by atoms with Crippen molar-refractivity contribution in [2.24, 2.45) is 12.0 Å². The number of aliphatic imine (C=N–C) groups is 1. The normalized spacial score (nSPS) is 14.7. The number of imidazole rings is 1. The number of fused-ring (bicyclic) bond motifs is 2. The van der Waals surface area contributed by atoms with Gasteiger partial charge in [-0.1, -0.05) is 13.8 Å². The third kappa shape index (κ3) is 4.67. The number of hydrogen-bond acceptors (Lipinski definition) is 8. The van der Waals surface area contributed by atoms with E-state index in [1.54, 1.807) is 12.7 Å². The topological polar surface area (TPSA) is 92.5 Å². The number of nitrogens with zero attached hydrogens (tertiary/aromatic N) is 6. The summed E-state index contributed by atoms with van der Waals surface area (Å²) in [4.78, 5) is 20.2. The summed E-state index contributed by atoms with van der Waals surface area (Å²) in [7, 11) is 1.98. The molecule has 0 amide bonds. The molecule has 0 saturated heterocycles. The summed E-state index contributed by atoms with van der Waals surface area (Å²) in [5.74, 6) is 2.26. The lowest BCUT2D eigenvalue weighted by atomic mass is 10.2. The van der Waals surface area contributed by atoms with E-state index in [2.05, 4.69) is 49.3 Å². The van der Waals surface area contributed by atoms with E-state index >= 15 is 0 Å². The van der Waals surface area contributed by atoms with Gasteiger partial charge < -0.3 is 19.9 Å². The predicted octanol–water partition coefficient (Wildman–Crippen LogP) is 5.07. The summed E-state index contributed by atoms with van der Waals surface area (Å²) in [5.41, 5.74) is 5.52. The van der Waals surface area contributed by atoms with Crippen LogP contribution in [0.5, 0.6) is 11.5 Å². The van der Waals surface area contributed by atoms with Crippen molar-refractivity contribution in [3.63, 3.8) is 0 Å². The largest absolute Gasteiger partial charge is 0.457 e. The van der Waals surface area contributed by atoms with E-state index in [9.17, 15) is 0 Å². The molecule has 4 aromatic rings. The third-order valence-corrected chi connectivity index (χ3v) is 6.11. The summed E-state index contributed by atoms with van der Waals surface area (Å²) in [6.07, 6.45) is 6.11. The molecule has 0 saturated carbocycles. The lowest BCUT2D eigenvalue weighted by molar-refractivity contribution is 0.232. The fourth-order valence-electron chi connectivity index (χ4n) is 4.25. The first-order valence-electron chi connectivity index (χ1n) is 11.9. The fourth-order valence-corrected chi connectivity index (χ4v) is 4.25. The van der Waals surface area contributed by atoms with E-state index < -0.39 is 0 Å². The lowest BCUT2D eigenvalue weighted by Crippen LogP contribution is -2.42. The summed E-state index contributed by atoms with van der Waals surface area (Å²) in [5, 5.41) is 6.94. The van der Waals surface area contributed by atoms with Gasteiger partial charge in [-0.2, -0.15) is 0 Å². The minimum Gasteiger partial charge on any atom is -0.457 e. The molecule has 0 spiro atoms. The molecule has 1 unspecified atom stereocenters. The highest BCUT2D eigenvalue weighted by atomic mass is 16.5. The predicted molar refractivity (Wildman–Crippen MR) is 140 cm³/mol. The highest BCUT2D eigenvalue weighted by molar-refractivity contribution is 5.92. The minimum atomic E-state index is -0.132. The molecule has 3 heterocycles. The van der Waals surface area contributed by atoms with E-state index in [1.807, 2.05) is 61.2 Å². The van der Waals surface area contributed by atoms with Gasteiger partial charge in [-0.15, -0.1) is 0 Å². The maximum Gasteiger partial charge on any atom is 0.176 e. The smallest absolute Gasteiger partial charge is 0.176 e. The van der Waals surface area contributed by atoms with E-state index in [-0.39, 0.29) is 6.29 Å². The molecule has 9 heteroatoms. The molecule has 0 bridgehead atoms. The van der Waals surface area contributed by atoms with Gasteiger partial charge in [-0.25, -0.2) is 15.0 Å². The zero-order valence-electron chi connectivity index (χ0n) is 20.5. The van der Waals surface area contributed by atoms with Crippen LogP contribution < -0.4 is 15.4 Å². The molecule has 0 fully saturated rings. The zero-order valence-corrected chi connectivity index (χ0v) is 20.5. The second-order valence-electron chi connectivity index (χ2n) is 8.62. The second-order valence-corrected chi connectivity index (χ2v) is 8.62. The number of rotatable bonds is 8. The first-order valence-corrected chi connectivity index (χ1v) is 11.9. The molecular formula is C26H30N8O. The molecule has 1 aliphatic heterocycles. The number of nitrogens with one attached hydrogen (secondary N) is 2. The van der Waals surface area contributed by atoms with Crippen LogP contribution in [0.2, 0.25) is 0 Å². The van der Waals surface area contributed by atoms with Crippen molar-refractivity contribution in [2.75, 3.05) is 23.7 Å². The van der Waals surface area contributed by atoms with Crippen molar-refractivity contribution < 1.29 is 4.74 Å². The number of anilines is 3. The fraction of sp³-hybridized carbons (Fsp3) is 0.308. The van der Waals surface area contributed by atoms with Gasteiger partial charge >= 0.3 is 0 Å². The first kappa shape index (κ1) is 22.8.